The standard InChI is InChI=1S/C15H22FN3O.2ClH/c1-11(17-2)10-18-15(20)12-5-6-14(13(16)9-12)19-7-3-4-8-19;;/h5-6,9,11,17H,3-4,7-8,10H2,1-2H3,(H,18,20);2*1H. The zero-order valence-corrected chi connectivity index (χ0v) is 14.5. The molecule has 1 fully saturated rings. The van der Waals surface area contributed by atoms with Crippen molar-refractivity contribution in [1.29, 1.82) is 0 Å². The minimum absolute atomic E-state index is 0. The van der Waals surface area contributed by atoms with Crippen LogP contribution in [0.2, 0.25) is 0 Å². The highest BCUT2D eigenvalue weighted by atomic mass is 35.5. The van der Waals surface area contributed by atoms with Gasteiger partial charge in [-0.05, 0) is 45.0 Å². The first-order valence-corrected chi connectivity index (χ1v) is 7.12. The van der Waals surface area contributed by atoms with Crippen LogP contribution < -0.4 is 15.5 Å². The maximum absolute atomic E-state index is 14.1. The number of amides is 1. The summed E-state index contributed by atoms with van der Waals surface area (Å²) in [6.07, 6.45) is 2.20. The van der Waals surface area contributed by atoms with Crippen molar-refractivity contribution in [1.82, 2.24) is 10.6 Å². The van der Waals surface area contributed by atoms with Gasteiger partial charge < -0.3 is 15.5 Å². The summed E-state index contributed by atoms with van der Waals surface area (Å²) in [5.74, 6) is -0.555. The first-order valence-electron chi connectivity index (χ1n) is 7.12. The van der Waals surface area contributed by atoms with Crippen LogP contribution in [0.1, 0.15) is 30.1 Å². The number of anilines is 1. The summed E-state index contributed by atoms with van der Waals surface area (Å²) in [6, 6.07) is 4.91. The summed E-state index contributed by atoms with van der Waals surface area (Å²) in [5, 5.41) is 5.82. The number of likely N-dealkylation sites (N-methyl/N-ethyl adjacent to an activating group) is 1. The van der Waals surface area contributed by atoms with Crippen molar-refractivity contribution in [3.8, 4) is 0 Å². The van der Waals surface area contributed by atoms with E-state index in [-0.39, 0.29) is 42.6 Å². The Morgan fingerprint density at radius 1 is 1.32 bits per heavy atom. The van der Waals surface area contributed by atoms with Crippen LogP contribution in [0.15, 0.2) is 18.2 Å². The van der Waals surface area contributed by atoms with Gasteiger partial charge in [-0.3, -0.25) is 4.79 Å². The van der Waals surface area contributed by atoms with Crippen molar-refractivity contribution in [2.75, 3.05) is 31.6 Å². The molecule has 22 heavy (non-hydrogen) atoms. The van der Waals surface area contributed by atoms with Gasteiger partial charge in [-0.15, -0.1) is 24.8 Å². The van der Waals surface area contributed by atoms with Crippen molar-refractivity contribution >= 4 is 36.4 Å². The Bertz CT molecular complexity index is 482. The third kappa shape index (κ3) is 5.30. The minimum atomic E-state index is -0.318. The molecule has 0 spiro atoms. The van der Waals surface area contributed by atoms with E-state index >= 15 is 0 Å². The van der Waals surface area contributed by atoms with Gasteiger partial charge in [0.05, 0.1) is 5.69 Å². The van der Waals surface area contributed by atoms with Gasteiger partial charge in [0.2, 0.25) is 0 Å². The molecular formula is C15H24Cl2FN3O. The average molecular weight is 352 g/mol. The molecule has 0 aliphatic carbocycles. The number of nitrogens with zero attached hydrogens (tertiary/aromatic N) is 1. The predicted octanol–water partition coefficient (Wildman–Crippen LogP) is 2.61. The third-order valence-electron chi connectivity index (χ3n) is 3.72. The minimum Gasteiger partial charge on any atom is -0.369 e. The van der Waals surface area contributed by atoms with Gasteiger partial charge in [0, 0.05) is 31.2 Å². The topological polar surface area (TPSA) is 44.4 Å². The summed E-state index contributed by atoms with van der Waals surface area (Å²) in [5.41, 5.74) is 0.969. The lowest BCUT2D eigenvalue weighted by atomic mass is 10.1. The molecular weight excluding hydrogens is 328 g/mol. The number of carbonyl (C=O) groups excluding carboxylic acids is 1. The lowest BCUT2D eigenvalue weighted by Gasteiger charge is -2.18. The molecule has 0 saturated carbocycles. The second-order valence-electron chi connectivity index (χ2n) is 5.26. The van der Waals surface area contributed by atoms with Gasteiger partial charge in [-0.1, -0.05) is 0 Å². The molecule has 1 aromatic carbocycles. The molecule has 1 unspecified atom stereocenters. The highest BCUT2D eigenvalue weighted by Crippen LogP contribution is 2.24. The number of nitrogens with one attached hydrogen (secondary N) is 2. The first-order chi connectivity index (χ1) is 9.61. The molecule has 0 bridgehead atoms. The van der Waals surface area contributed by atoms with Crippen LogP contribution in [0.4, 0.5) is 10.1 Å². The molecule has 1 aromatic rings. The Morgan fingerprint density at radius 2 is 1.95 bits per heavy atom. The molecule has 2 N–H and O–H groups in total. The number of rotatable bonds is 5. The van der Waals surface area contributed by atoms with Gasteiger partial charge in [0.1, 0.15) is 5.82 Å². The SMILES string of the molecule is CNC(C)CNC(=O)c1ccc(N2CCCC2)c(F)c1.Cl.Cl. The van der Waals surface area contributed by atoms with Crippen molar-refractivity contribution in [2.45, 2.75) is 25.8 Å². The van der Waals surface area contributed by atoms with Crippen LogP contribution in [-0.2, 0) is 0 Å². The van der Waals surface area contributed by atoms with Gasteiger partial charge in [-0.25, -0.2) is 4.39 Å². The summed E-state index contributed by atoms with van der Waals surface area (Å²) >= 11 is 0. The molecule has 1 atom stereocenters. The van der Waals surface area contributed by atoms with Crippen LogP contribution in [0, 0.1) is 5.82 Å². The number of hydrogen-bond acceptors (Lipinski definition) is 3. The van der Waals surface area contributed by atoms with Crippen LogP contribution >= 0.6 is 24.8 Å². The largest absolute Gasteiger partial charge is 0.369 e. The Kier molecular flexibility index (Phi) is 9.41. The molecule has 2 rings (SSSR count). The Balaban J connectivity index is 0.00000220. The summed E-state index contributed by atoms with van der Waals surface area (Å²) < 4.78 is 14.1. The molecule has 1 aliphatic heterocycles. The number of hydrogen-bond donors (Lipinski definition) is 2. The smallest absolute Gasteiger partial charge is 0.251 e. The Morgan fingerprint density at radius 3 is 2.50 bits per heavy atom. The van der Waals surface area contributed by atoms with Crippen molar-refractivity contribution in [3.05, 3.63) is 29.6 Å². The van der Waals surface area contributed by atoms with E-state index in [1.54, 1.807) is 12.1 Å². The molecule has 1 saturated heterocycles. The van der Waals surface area contributed by atoms with Gasteiger partial charge >= 0.3 is 0 Å². The van der Waals surface area contributed by atoms with E-state index in [0.29, 0.717) is 17.8 Å². The normalized spacial score (nSPS) is 14.8. The first kappa shape index (κ1) is 21.0. The summed E-state index contributed by atoms with van der Waals surface area (Å²) in [6.45, 7) is 4.27. The molecule has 4 nitrogen and oxygen atoms in total. The van der Waals surface area contributed by atoms with Crippen LogP contribution in [0.25, 0.3) is 0 Å². The number of carbonyl (C=O) groups is 1. The Labute approximate surface area is 143 Å². The van der Waals surface area contributed by atoms with E-state index < -0.39 is 0 Å². The maximum atomic E-state index is 14.1. The van der Waals surface area contributed by atoms with E-state index in [1.807, 2.05) is 18.9 Å². The zero-order valence-electron chi connectivity index (χ0n) is 12.9. The number of benzene rings is 1. The van der Waals surface area contributed by atoms with Crippen LogP contribution in [-0.4, -0.2) is 38.6 Å². The molecule has 0 radical (unpaired) electrons. The summed E-state index contributed by atoms with van der Waals surface area (Å²) in [4.78, 5) is 14.0. The van der Waals surface area contributed by atoms with Gasteiger partial charge in [-0.2, -0.15) is 0 Å². The monoisotopic (exact) mass is 351 g/mol. The Hall–Kier alpha value is -1.04. The molecule has 7 heteroatoms. The highest BCUT2D eigenvalue weighted by molar-refractivity contribution is 5.94. The van der Waals surface area contributed by atoms with E-state index in [1.165, 1.54) is 6.07 Å². The lowest BCUT2D eigenvalue weighted by molar-refractivity contribution is 0.0950. The lowest BCUT2D eigenvalue weighted by Crippen LogP contribution is -2.37. The zero-order chi connectivity index (χ0) is 14.5. The molecule has 0 aromatic heterocycles. The predicted molar refractivity (Wildman–Crippen MR) is 93.2 cm³/mol. The van der Waals surface area contributed by atoms with Crippen LogP contribution in [0.5, 0.6) is 0 Å². The van der Waals surface area contributed by atoms with Crippen LogP contribution in [0.3, 0.4) is 0 Å². The van der Waals surface area contributed by atoms with Crippen molar-refractivity contribution in [2.24, 2.45) is 0 Å². The fourth-order valence-corrected chi connectivity index (χ4v) is 2.31. The van der Waals surface area contributed by atoms with E-state index in [4.69, 9.17) is 0 Å². The molecule has 1 heterocycles. The second-order valence-corrected chi connectivity index (χ2v) is 5.26. The molecule has 126 valence electrons. The van der Waals surface area contributed by atoms with E-state index in [0.717, 1.165) is 25.9 Å². The van der Waals surface area contributed by atoms with E-state index in [2.05, 4.69) is 10.6 Å². The molecule has 1 amide bonds. The average Bonchev–Trinajstić information content (AvgIpc) is 2.98. The fourth-order valence-electron chi connectivity index (χ4n) is 2.31. The van der Waals surface area contributed by atoms with Gasteiger partial charge in [0.15, 0.2) is 0 Å². The fraction of sp³-hybridized carbons (Fsp3) is 0.533. The quantitative estimate of drug-likeness (QED) is 0.856. The number of halogens is 3. The van der Waals surface area contributed by atoms with Crippen molar-refractivity contribution < 1.29 is 9.18 Å². The van der Waals surface area contributed by atoms with Gasteiger partial charge in [0.25, 0.3) is 5.91 Å². The highest BCUT2D eigenvalue weighted by Gasteiger charge is 2.17. The van der Waals surface area contributed by atoms with E-state index in [9.17, 15) is 9.18 Å². The second kappa shape index (κ2) is 9.87. The molecule has 1 aliphatic rings. The maximum Gasteiger partial charge on any atom is 0.251 e. The van der Waals surface area contributed by atoms with Crippen molar-refractivity contribution in [3.63, 3.8) is 0 Å². The third-order valence-corrected chi connectivity index (χ3v) is 3.72. The summed E-state index contributed by atoms with van der Waals surface area (Å²) in [7, 11) is 1.83.